The molecule has 2 aromatic rings. The van der Waals surface area contributed by atoms with Crippen LogP contribution in [0, 0.1) is 6.92 Å². The van der Waals surface area contributed by atoms with Crippen molar-refractivity contribution in [3.8, 4) is 0 Å². The van der Waals surface area contributed by atoms with Crippen molar-refractivity contribution in [2.75, 3.05) is 0 Å². The molecule has 64 valence electrons. The predicted molar refractivity (Wildman–Crippen MR) is 55.4 cm³/mol. The zero-order valence-corrected chi connectivity index (χ0v) is 7.58. The highest BCUT2D eigenvalue weighted by Crippen LogP contribution is 2.17. The molecule has 1 heteroatoms. The summed E-state index contributed by atoms with van der Waals surface area (Å²) in [6.07, 6.45) is 3.59. The van der Waals surface area contributed by atoms with Crippen LogP contribution in [0.15, 0.2) is 41.5 Å². The first-order valence-corrected chi connectivity index (χ1v) is 4.24. The molecule has 0 aliphatic carbocycles. The third kappa shape index (κ3) is 1.45. The van der Waals surface area contributed by atoms with Gasteiger partial charge in [0.1, 0.15) is 0 Å². The highest BCUT2D eigenvalue weighted by molar-refractivity contribution is 5.79. The van der Waals surface area contributed by atoms with Gasteiger partial charge in [0.15, 0.2) is 0 Å². The lowest BCUT2D eigenvalue weighted by molar-refractivity contribution is 0.599. The zero-order chi connectivity index (χ0) is 9.26. The molecular formula is C12H11O+. The number of fused-ring (bicyclic) bond motifs is 1. The summed E-state index contributed by atoms with van der Waals surface area (Å²) in [5.41, 5.74) is 3.17. The molecule has 0 amide bonds. The lowest BCUT2D eigenvalue weighted by Gasteiger charge is -1.92. The van der Waals surface area contributed by atoms with E-state index in [0.717, 1.165) is 22.1 Å². The molecule has 0 aliphatic heterocycles. The number of aryl methyl sites for hydroxylation is 1. The molecule has 1 heterocycles. The second-order valence-corrected chi connectivity index (χ2v) is 3.13. The fraction of sp³-hybridized carbons (Fsp3) is 0.0833. The van der Waals surface area contributed by atoms with Gasteiger partial charge in [-0.1, -0.05) is 12.7 Å². The van der Waals surface area contributed by atoms with Crippen LogP contribution >= 0.6 is 0 Å². The molecule has 0 fully saturated rings. The average Bonchev–Trinajstić information content (AvgIpc) is 2.16. The molecule has 0 spiro atoms. The number of hydrogen-bond acceptors (Lipinski definition) is 0. The molecule has 0 saturated heterocycles. The lowest BCUT2D eigenvalue weighted by Crippen LogP contribution is -1.77. The van der Waals surface area contributed by atoms with Crippen LogP contribution in [-0.2, 0) is 0 Å². The van der Waals surface area contributed by atoms with E-state index in [1.54, 1.807) is 6.26 Å². The van der Waals surface area contributed by atoms with Crippen molar-refractivity contribution >= 4 is 17.0 Å². The normalized spacial score (nSPS) is 10.2. The van der Waals surface area contributed by atoms with Crippen LogP contribution < -0.4 is 0 Å². The standard InChI is InChI=1S/C12H11O/c1-3-10-4-5-12-11(7-10)6-9(2)8-13-12/h3-8H,1H2,2H3/q+1. The van der Waals surface area contributed by atoms with Crippen molar-refractivity contribution in [3.05, 3.63) is 48.2 Å². The smallest absolute Gasteiger partial charge is 0.215 e. The van der Waals surface area contributed by atoms with Gasteiger partial charge in [0.25, 0.3) is 0 Å². The molecule has 0 saturated carbocycles. The van der Waals surface area contributed by atoms with Crippen LogP contribution in [-0.4, -0.2) is 0 Å². The molecule has 1 aromatic heterocycles. The highest BCUT2D eigenvalue weighted by Gasteiger charge is 2.05. The summed E-state index contributed by atoms with van der Waals surface area (Å²) < 4.78 is 5.41. The van der Waals surface area contributed by atoms with Crippen molar-refractivity contribution in [1.29, 1.82) is 0 Å². The Bertz CT molecular complexity index is 458. The van der Waals surface area contributed by atoms with Crippen LogP contribution in [0.25, 0.3) is 17.0 Å². The summed E-state index contributed by atoms with van der Waals surface area (Å²) in [6, 6.07) is 8.13. The summed E-state index contributed by atoms with van der Waals surface area (Å²) in [4.78, 5) is 0. The molecule has 0 bridgehead atoms. The third-order valence-electron chi connectivity index (χ3n) is 2.02. The van der Waals surface area contributed by atoms with Gasteiger partial charge in [-0.3, -0.25) is 0 Å². The fourth-order valence-corrected chi connectivity index (χ4v) is 1.35. The van der Waals surface area contributed by atoms with Gasteiger partial charge in [0.05, 0.1) is 5.39 Å². The topological polar surface area (TPSA) is 11.3 Å². The van der Waals surface area contributed by atoms with E-state index >= 15 is 0 Å². The Morgan fingerprint density at radius 1 is 1.31 bits per heavy atom. The number of rotatable bonds is 1. The third-order valence-corrected chi connectivity index (χ3v) is 2.02. The van der Waals surface area contributed by atoms with Crippen molar-refractivity contribution in [3.63, 3.8) is 0 Å². The fourth-order valence-electron chi connectivity index (χ4n) is 1.35. The van der Waals surface area contributed by atoms with Gasteiger partial charge >= 0.3 is 11.8 Å². The minimum atomic E-state index is 0.913. The van der Waals surface area contributed by atoms with Gasteiger partial charge in [-0.25, -0.2) is 4.42 Å². The maximum absolute atomic E-state index is 5.41. The molecule has 2 rings (SSSR count). The second kappa shape index (κ2) is 3.02. The maximum atomic E-state index is 5.41. The predicted octanol–water partition coefficient (Wildman–Crippen LogP) is 3.67. The van der Waals surface area contributed by atoms with Crippen molar-refractivity contribution < 1.29 is 4.42 Å². The van der Waals surface area contributed by atoms with Gasteiger partial charge in [-0.15, -0.1) is 0 Å². The van der Waals surface area contributed by atoms with Crippen LogP contribution in [0.2, 0.25) is 0 Å². The summed E-state index contributed by atoms with van der Waals surface area (Å²) in [7, 11) is 0. The van der Waals surface area contributed by atoms with Crippen molar-refractivity contribution in [1.82, 2.24) is 0 Å². The molecule has 1 aromatic carbocycles. The maximum Gasteiger partial charge on any atom is 0.359 e. The monoisotopic (exact) mass is 171 g/mol. The average molecular weight is 171 g/mol. The molecule has 0 radical (unpaired) electrons. The summed E-state index contributed by atoms with van der Waals surface area (Å²) in [6.45, 7) is 5.75. The lowest BCUT2D eigenvalue weighted by atomic mass is 10.1. The zero-order valence-electron chi connectivity index (χ0n) is 7.58. The van der Waals surface area contributed by atoms with Gasteiger partial charge in [-0.2, -0.15) is 0 Å². The van der Waals surface area contributed by atoms with E-state index in [9.17, 15) is 0 Å². The van der Waals surface area contributed by atoms with E-state index in [1.165, 1.54) is 0 Å². The molecule has 13 heavy (non-hydrogen) atoms. The van der Waals surface area contributed by atoms with E-state index in [4.69, 9.17) is 4.42 Å². The van der Waals surface area contributed by atoms with E-state index < -0.39 is 0 Å². The van der Waals surface area contributed by atoms with Crippen LogP contribution in [0.4, 0.5) is 0 Å². The second-order valence-electron chi connectivity index (χ2n) is 3.13. The molecule has 1 nitrogen and oxygen atoms in total. The van der Waals surface area contributed by atoms with Crippen LogP contribution in [0.1, 0.15) is 11.1 Å². The van der Waals surface area contributed by atoms with Crippen LogP contribution in [0.5, 0.6) is 0 Å². The first-order chi connectivity index (χ1) is 6.29. The summed E-state index contributed by atoms with van der Waals surface area (Å²) >= 11 is 0. The quantitative estimate of drug-likeness (QED) is 0.596. The molecule has 0 atom stereocenters. The largest absolute Gasteiger partial charge is 0.359 e. The molecular weight excluding hydrogens is 160 g/mol. The minimum Gasteiger partial charge on any atom is -0.215 e. The SMILES string of the molecule is C=Cc1ccc2[o+]cc(C)cc2c1. The Morgan fingerprint density at radius 3 is 2.92 bits per heavy atom. The van der Waals surface area contributed by atoms with Gasteiger partial charge in [-0.05, 0) is 30.7 Å². The van der Waals surface area contributed by atoms with Crippen molar-refractivity contribution in [2.45, 2.75) is 6.92 Å². The summed E-state index contributed by atoms with van der Waals surface area (Å²) in [5, 5.41) is 1.12. The van der Waals surface area contributed by atoms with Gasteiger partial charge in [0, 0.05) is 11.6 Å². The first-order valence-electron chi connectivity index (χ1n) is 4.24. The van der Waals surface area contributed by atoms with E-state index in [0.29, 0.717) is 0 Å². The van der Waals surface area contributed by atoms with E-state index in [-0.39, 0.29) is 0 Å². The Balaban J connectivity index is 2.74. The number of benzene rings is 1. The summed E-state index contributed by atoms with van der Waals surface area (Å²) in [5.74, 6) is 0. The van der Waals surface area contributed by atoms with Crippen LogP contribution in [0.3, 0.4) is 0 Å². The minimum absolute atomic E-state index is 0.913. The Morgan fingerprint density at radius 2 is 2.15 bits per heavy atom. The highest BCUT2D eigenvalue weighted by atomic mass is 16.3. The Labute approximate surface area is 77.3 Å². The number of hydrogen-bond donors (Lipinski definition) is 0. The Hall–Kier alpha value is -1.63. The molecule has 0 aliphatic rings. The molecule has 0 unspecified atom stereocenters. The van der Waals surface area contributed by atoms with E-state index in [2.05, 4.69) is 18.7 Å². The molecule has 0 N–H and O–H groups in total. The van der Waals surface area contributed by atoms with Gasteiger partial charge in [0.2, 0.25) is 0 Å². The van der Waals surface area contributed by atoms with Gasteiger partial charge < -0.3 is 0 Å². The van der Waals surface area contributed by atoms with E-state index in [1.807, 2.05) is 25.1 Å². The Kier molecular flexibility index (Phi) is 1.85. The first kappa shape index (κ1) is 7.99. The van der Waals surface area contributed by atoms with Crippen molar-refractivity contribution in [2.24, 2.45) is 0 Å².